The molecule has 0 fully saturated rings. The maximum atomic E-state index is 13.1. The molecule has 3 rings (SSSR count). The van der Waals surface area contributed by atoms with Gasteiger partial charge in [0.1, 0.15) is 5.82 Å². The number of anilines is 1. The number of hydrogen-bond donors (Lipinski definition) is 1. The number of amides is 1. The summed E-state index contributed by atoms with van der Waals surface area (Å²) in [7, 11) is -2.38. The van der Waals surface area contributed by atoms with E-state index in [1.54, 1.807) is 37.3 Å². The largest absolute Gasteiger partial charge is 0.345 e. The Morgan fingerprint density at radius 1 is 1.03 bits per heavy atom. The number of nitrogens with one attached hydrogen (secondary N) is 1. The highest BCUT2D eigenvalue weighted by Crippen LogP contribution is 2.27. The van der Waals surface area contributed by atoms with E-state index in [-0.39, 0.29) is 21.3 Å². The molecule has 0 aromatic heterocycles. The Labute approximate surface area is 180 Å². The molecule has 0 aliphatic rings. The molecule has 1 amide bonds. The van der Waals surface area contributed by atoms with Crippen molar-refractivity contribution in [3.8, 4) is 0 Å². The molecule has 0 aliphatic heterocycles. The second kappa shape index (κ2) is 8.85. The summed E-state index contributed by atoms with van der Waals surface area (Å²) in [5.74, 6) is -0.833. The molecular weight excluding hydrogens is 427 g/mol. The molecule has 156 valence electrons. The number of carbonyl (C=O) groups excluding carboxylic acids is 1. The van der Waals surface area contributed by atoms with Gasteiger partial charge in [-0.05, 0) is 55.0 Å². The fraction of sp³-hybridized carbons (Fsp3) is 0.136. The lowest BCUT2D eigenvalue weighted by Crippen LogP contribution is -2.29. The minimum absolute atomic E-state index is 0.137. The van der Waals surface area contributed by atoms with E-state index in [0.29, 0.717) is 5.69 Å². The highest BCUT2D eigenvalue weighted by molar-refractivity contribution is 7.92. The predicted octanol–water partition coefficient (Wildman–Crippen LogP) is 4.80. The van der Waals surface area contributed by atoms with E-state index < -0.39 is 22.0 Å². The summed E-state index contributed by atoms with van der Waals surface area (Å²) in [6, 6.07) is 17.8. The number of carbonyl (C=O) groups is 1. The van der Waals surface area contributed by atoms with Gasteiger partial charge in [0.2, 0.25) is 0 Å². The summed E-state index contributed by atoms with van der Waals surface area (Å²) in [5, 5.41) is 2.98. The maximum absolute atomic E-state index is 13.1. The monoisotopic (exact) mass is 446 g/mol. The molecule has 8 heteroatoms. The molecule has 3 aromatic rings. The minimum atomic E-state index is -3.79. The topological polar surface area (TPSA) is 66.5 Å². The van der Waals surface area contributed by atoms with Gasteiger partial charge in [-0.2, -0.15) is 0 Å². The number of rotatable bonds is 6. The van der Waals surface area contributed by atoms with Crippen molar-refractivity contribution in [2.45, 2.75) is 17.9 Å². The van der Waals surface area contributed by atoms with Gasteiger partial charge in [-0.25, -0.2) is 12.8 Å². The third kappa shape index (κ3) is 4.63. The van der Waals surface area contributed by atoms with Gasteiger partial charge in [0.15, 0.2) is 0 Å². The molecule has 5 nitrogen and oxygen atoms in total. The zero-order valence-corrected chi connectivity index (χ0v) is 17.9. The van der Waals surface area contributed by atoms with Crippen LogP contribution in [0.3, 0.4) is 0 Å². The first-order valence-electron chi connectivity index (χ1n) is 9.10. The lowest BCUT2D eigenvalue weighted by molar-refractivity contribution is 0.0940. The van der Waals surface area contributed by atoms with E-state index in [2.05, 4.69) is 5.32 Å². The molecule has 0 heterocycles. The summed E-state index contributed by atoms with van der Waals surface area (Å²) in [6.07, 6.45) is 0. The van der Waals surface area contributed by atoms with Crippen LogP contribution in [-0.2, 0) is 10.0 Å². The number of halogens is 2. The molecule has 3 aromatic carbocycles. The first-order valence-corrected chi connectivity index (χ1v) is 10.9. The van der Waals surface area contributed by atoms with Crippen LogP contribution in [0.15, 0.2) is 77.7 Å². The lowest BCUT2D eigenvalue weighted by Gasteiger charge is -2.21. The van der Waals surface area contributed by atoms with Gasteiger partial charge in [-0.15, -0.1) is 0 Å². The summed E-state index contributed by atoms with van der Waals surface area (Å²) in [5.41, 5.74) is 1.15. The Morgan fingerprint density at radius 2 is 1.67 bits per heavy atom. The average Bonchev–Trinajstić information content (AvgIpc) is 2.74. The Balaban J connectivity index is 1.86. The van der Waals surface area contributed by atoms with E-state index in [4.69, 9.17) is 11.6 Å². The first-order chi connectivity index (χ1) is 14.2. The van der Waals surface area contributed by atoms with Crippen LogP contribution < -0.4 is 9.62 Å². The van der Waals surface area contributed by atoms with Gasteiger partial charge in [-0.1, -0.05) is 41.9 Å². The van der Waals surface area contributed by atoms with Crippen molar-refractivity contribution in [3.63, 3.8) is 0 Å². The first kappa shape index (κ1) is 21.8. The van der Waals surface area contributed by atoms with Crippen molar-refractivity contribution in [2.24, 2.45) is 0 Å². The Morgan fingerprint density at radius 3 is 2.30 bits per heavy atom. The quantitative estimate of drug-likeness (QED) is 0.591. The molecule has 0 saturated carbocycles. The summed E-state index contributed by atoms with van der Waals surface area (Å²) in [6.45, 7) is 1.76. The van der Waals surface area contributed by atoms with Crippen molar-refractivity contribution in [1.82, 2.24) is 5.32 Å². The molecule has 1 N–H and O–H groups in total. The van der Waals surface area contributed by atoms with Gasteiger partial charge in [0.25, 0.3) is 15.9 Å². The molecule has 0 radical (unpaired) electrons. The van der Waals surface area contributed by atoms with Crippen LogP contribution >= 0.6 is 11.6 Å². The Bertz CT molecular complexity index is 1150. The third-order valence-electron chi connectivity index (χ3n) is 4.68. The van der Waals surface area contributed by atoms with Crippen LogP contribution in [0.2, 0.25) is 5.02 Å². The number of nitrogens with zero attached hydrogens (tertiary/aromatic N) is 1. The van der Waals surface area contributed by atoms with Crippen molar-refractivity contribution in [3.05, 3.63) is 94.8 Å². The average molecular weight is 447 g/mol. The van der Waals surface area contributed by atoms with E-state index >= 15 is 0 Å². The standard InChI is InChI=1S/C22H20ClFN2O3S/c1-15(16-8-10-17(24)11-9-16)25-22(27)20-14-18(12-13-21(20)23)26(2)30(28,29)19-6-4-3-5-7-19/h3-15H,1-2H3,(H,25,27). The van der Waals surface area contributed by atoms with Gasteiger partial charge in [-0.3, -0.25) is 9.10 Å². The van der Waals surface area contributed by atoms with E-state index in [1.807, 2.05) is 0 Å². The van der Waals surface area contributed by atoms with Gasteiger partial charge >= 0.3 is 0 Å². The van der Waals surface area contributed by atoms with Crippen LogP contribution in [0.5, 0.6) is 0 Å². The third-order valence-corrected chi connectivity index (χ3v) is 6.81. The van der Waals surface area contributed by atoms with Crippen molar-refractivity contribution in [1.29, 1.82) is 0 Å². The van der Waals surface area contributed by atoms with Crippen molar-refractivity contribution < 1.29 is 17.6 Å². The van der Waals surface area contributed by atoms with E-state index in [9.17, 15) is 17.6 Å². The van der Waals surface area contributed by atoms with E-state index in [1.165, 1.54) is 49.5 Å². The lowest BCUT2D eigenvalue weighted by atomic mass is 10.1. The highest BCUT2D eigenvalue weighted by atomic mass is 35.5. The fourth-order valence-electron chi connectivity index (χ4n) is 2.88. The van der Waals surface area contributed by atoms with Crippen LogP contribution in [0.25, 0.3) is 0 Å². The second-order valence-corrected chi connectivity index (χ2v) is 9.07. The Hall–Kier alpha value is -2.90. The molecule has 0 aliphatic carbocycles. The van der Waals surface area contributed by atoms with Crippen molar-refractivity contribution >= 4 is 33.2 Å². The number of hydrogen-bond acceptors (Lipinski definition) is 3. The highest BCUT2D eigenvalue weighted by Gasteiger charge is 2.23. The van der Waals surface area contributed by atoms with Crippen molar-refractivity contribution in [2.75, 3.05) is 11.4 Å². The minimum Gasteiger partial charge on any atom is -0.345 e. The molecule has 0 saturated heterocycles. The van der Waals surface area contributed by atoms with Crippen LogP contribution in [0.4, 0.5) is 10.1 Å². The molecule has 0 bridgehead atoms. The zero-order valence-electron chi connectivity index (χ0n) is 16.3. The van der Waals surface area contributed by atoms with Gasteiger partial charge in [0.05, 0.1) is 27.2 Å². The van der Waals surface area contributed by atoms with Crippen LogP contribution in [0.1, 0.15) is 28.9 Å². The second-order valence-electron chi connectivity index (χ2n) is 6.70. The zero-order chi connectivity index (χ0) is 21.9. The molecule has 1 atom stereocenters. The number of benzene rings is 3. The SMILES string of the molecule is CC(NC(=O)c1cc(N(C)S(=O)(=O)c2ccccc2)ccc1Cl)c1ccc(F)cc1. The molecular formula is C22H20ClFN2O3S. The Kier molecular flexibility index (Phi) is 6.43. The molecule has 1 unspecified atom stereocenters. The molecule has 30 heavy (non-hydrogen) atoms. The van der Waals surface area contributed by atoms with Crippen LogP contribution in [0, 0.1) is 5.82 Å². The van der Waals surface area contributed by atoms with E-state index in [0.717, 1.165) is 9.87 Å². The van der Waals surface area contributed by atoms with Gasteiger partial charge < -0.3 is 5.32 Å². The van der Waals surface area contributed by atoms with Crippen LogP contribution in [-0.4, -0.2) is 21.4 Å². The smallest absolute Gasteiger partial charge is 0.264 e. The fourth-order valence-corrected chi connectivity index (χ4v) is 4.29. The maximum Gasteiger partial charge on any atom is 0.264 e. The molecule has 0 spiro atoms. The number of sulfonamides is 1. The normalized spacial score (nSPS) is 12.3. The van der Waals surface area contributed by atoms with Gasteiger partial charge in [0, 0.05) is 7.05 Å². The predicted molar refractivity (Wildman–Crippen MR) is 116 cm³/mol. The summed E-state index contributed by atoms with van der Waals surface area (Å²) < 4.78 is 39.9. The summed E-state index contributed by atoms with van der Waals surface area (Å²) >= 11 is 6.20. The summed E-state index contributed by atoms with van der Waals surface area (Å²) in [4.78, 5) is 12.9.